The lowest BCUT2D eigenvalue weighted by Crippen LogP contribution is -2.47. The van der Waals surface area contributed by atoms with Gasteiger partial charge in [0.1, 0.15) is 0 Å². The molecule has 1 heterocycles. The van der Waals surface area contributed by atoms with Crippen LogP contribution in [0.3, 0.4) is 0 Å². The maximum absolute atomic E-state index is 12.4. The van der Waals surface area contributed by atoms with Crippen LogP contribution in [0.25, 0.3) is 0 Å². The lowest BCUT2D eigenvalue weighted by Gasteiger charge is -2.35. The van der Waals surface area contributed by atoms with Crippen LogP contribution in [0, 0.1) is 11.8 Å². The Morgan fingerprint density at radius 1 is 1.40 bits per heavy atom. The van der Waals surface area contributed by atoms with Crippen molar-refractivity contribution in [3.63, 3.8) is 0 Å². The molecule has 1 N–H and O–H groups in total. The van der Waals surface area contributed by atoms with E-state index in [1.807, 2.05) is 0 Å². The van der Waals surface area contributed by atoms with Crippen molar-refractivity contribution in [1.82, 2.24) is 15.3 Å². The SMILES string of the molecule is CSc1ncc(Cl)c(C(=O)O[C@H](C)C(=O)N[C@@H]2CCC[C@H](C)[C@H]2C)n1. The monoisotopic (exact) mass is 385 g/mol. The molecule has 0 radical (unpaired) electrons. The number of rotatable bonds is 5. The summed E-state index contributed by atoms with van der Waals surface area (Å²) in [5.74, 6) is -0.0484. The van der Waals surface area contributed by atoms with Gasteiger partial charge in [-0.1, -0.05) is 50.1 Å². The Morgan fingerprint density at radius 2 is 2.12 bits per heavy atom. The number of carbonyl (C=O) groups excluding carboxylic acids is 2. The second-order valence-corrected chi connectivity index (χ2v) is 7.66. The zero-order valence-corrected chi connectivity index (χ0v) is 16.5. The van der Waals surface area contributed by atoms with Gasteiger partial charge in [-0.3, -0.25) is 4.79 Å². The zero-order valence-electron chi connectivity index (χ0n) is 14.9. The predicted molar refractivity (Wildman–Crippen MR) is 97.8 cm³/mol. The van der Waals surface area contributed by atoms with Crippen LogP contribution in [-0.2, 0) is 9.53 Å². The lowest BCUT2D eigenvalue weighted by molar-refractivity contribution is -0.130. The molecule has 0 saturated heterocycles. The molecular formula is C17H24ClN3O3S. The second kappa shape index (κ2) is 8.85. The number of amides is 1. The first-order chi connectivity index (χ1) is 11.8. The Hall–Kier alpha value is -1.34. The first-order valence-corrected chi connectivity index (χ1v) is 10.0. The standard InChI is InChI=1S/C17H24ClN3O3S/c1-9-6-5-7-13(10(9)2)20-15(22)11(3)24-16(23)14-12(18)8-19-17(21-14)25-4/h8-11,13H,5-7H2,1-4H3,(H,20,22)/t9-,10+,11+,13+/m0/s1. The minimum absolute atomic E-state index is 0.0275. The summed E-state index contributed by atoms with van der Waals surface area (Å²) in [6.45, 7) is 5.90. The number of nitrogens with zero attached hydrogens (tertiary/aromatic N) is 2. The lowest BCUT2D eigenvalue weighted by atomic mass is 9.78. The first kappa shape index (κ1) is 20.0. The van der Waals surface area contributed by atoms with Crippen LogP contribution >= 0.6 is 23.4 Å². The van der Waals surface area contributed by atoms with Crippen molar-refractivity contribution >= 4 is 35.2 Å². The van der Waals surface area contributed by atoms with E-state index in [0.29, 0.717) is 17.0 Å². The van der Waals surface area contributed by atoms with E-state index in [0.717, 1.165) is 12.8 Å². The van der Waals surface area contributed by atoms with Crippen molar-refractivity contribution in [1.29, 1.82) is 0 Å². The minimum atomic E-state index is -0.916. The number of hydrogen-bond donors (Lipinski definition) is 1. The second-order valence-electron chi connectivity index (χ2n) is 6.48. The van der Waals surface area contributed by atoms with Crippen LogP contribution in [0.5, 0.6) is 0 Å². The van der Waals surface area contributed by atoms with Gasteiger partial charge >= 0.3 is 5.97 Å². The van der Waals surface area contributed by atoms with Crippen molar-refractivity contribution < 1.29 is 14.3 Å². The van der Waals surface area contributed by atoms with Crippen LogP contribution < -0.4 is 5.32 Å². The number of nitrogens with one attached hydrogen (secondary N) is 1. The van der Waals surface area contributed by atoms with E-state index in [-0.39, 0.29) is 22.7 Å². The van der Waals surface area contributed by atoms with Crippen LogP contribution in [0.4, 0.5) is 0 Å². The molecule has 1 aliphatic carbocycles. The van der Waals surface area contributed by atoms with Gasteiger partial charge in [-0.05, 0) is 31.4 Å². The molecule has 0 aliphatic heterocycles. The van der Waals surface area contributed by atoms with E-state index in [1.54, 1.807) is 13.2 Å². The quantitative estimate of drug-likeness (QED) is 0.475. The molecule has 0 aromatic carbocycles. The van der Waals surface area contributed by atoms with Gasteiger partial charge < -0.3 is 10.1 Å². The fraction of sp³-hybridized carbons (Fsp3) is 0.647. The van der Waals surface area contributed by atoms with E-state index in [9.17, 15) is 9.59 Å². The molecule has 25 heavy (non-hydrogen) atoms. The Labute approximate surface area is 157 Å². The number of thioether (sulfide) groups is 1. The van der Waals surface area contributed by atoms with Gasteiger partial charge in [-0.2, -0.15) is 0 Å². The molecule has 1 aliphatic rings. The molecule has 1 saturated carbocycles. The fourth-order valence-corrected chi connectivity index (χ4v) is 3.46. The summed E-state index contributed by atoms with van der Waals surface area (Å²) in [4.78, 5) is 32.7. The predicted octanol–water partition coefficient (Wildman–Crippen LogP) is 3.34. The number of esters is 1. The third-order valence-corrected chi connectivity index (χ3v) is 5.62. The van der Waals surface area contributed by atoms with Gasteiger partial charge in [-0.15, -0.1) is 0 Å². The third-order valence-electron chi connectivity index (χ3n) is 4.79. The highest BCUT2D eigenvalue weighted by Crippen LogP contribution is 2.29. The van der Waals surface area contributed by atoms with Crippen molar-refractivity contribution in [2.75, 3.05) is 6.26 Å². The third kappa shape index (κ3) is 5.07. The number of halogens is 1. The van der Waals surface area contributed by atoms with Crippen molar-refractivity contribution in [2.45, 2.75) is 57.3 Å². The highest BCUT2D eigenvalue weighted by atomic mass is 35.5. The number of hydrogen-bond acceptors (Lipinski definition) is 6. The van der Waals surface area contributed by atoms with Gasteiger partial charge in [0.05, 0.1) is 11.2 Å². The summed E-state index contributed by atoms with van der Waals surface area (Å²) in [5.41, 5.74) is -0.0275. The van der Waals surface area contributed by atoms with Crippen molar-refractivity contribution in [3.8, 4) is 0 Å². The molecule has 4 atom stereocenters. The Bertz CT molecular complexity index is 644. The molecular weight excluding hydrogens is 362 g/mol. The summed E-state index contributed by atoms with van der Waals surface area (Å²) in [6, 6.07) is 0.114. The molecule has 0 spiro atoms. The molecule has 0 unspecified atom stereocenters. The van der Waals surface area contributed by atoms with Gasteiger partial charge in [0, 0.05) is 6.04 Å². The molecule has 2 rings (SSSR count). The van der Waals surface area contributed by atoms with Crippen LogP contribution in [0.1, 0.15) is 50.5 Å². The molecule has 1 aromatic heterocycles. The Kier molecular flexibility index (Phi) is 7.07. The first-order valence-electron chi connectivity index (χ1n) is 8.41. The van der Waals surface area contributed by atoms with E-state index >= 15 is 0 Å². The highest BCUT2D eigenvalue weighted by molar-refractivity contribution is 7.98. The van der Waals surface area contributed by atoms with Crippen LogP contribution in [0.15, 0.2) is 11.4 Å². The number of ether oxygens (including phenoxy) is 1. The average molecular weight is 386 g/mol. The Balaban J connectivity index is 1.97. The maximum Gasteiger partial charge on any atom is 0.359 e. The Morgan fingerprint density at radius 3 is 2.80 bits per heavy atom. The maximum atomic E-state index is 12.4. The summed E-state index contributed by atoms with van der Waals surface area (Å²) in [6.07, 6.45) is 5.46. The topological polar surface area (TPSA) is 81.2 Å². The summed E-state index contributed by atoms with van der Waals surface area (Å²) >= 11 is 7.26. The molecule has 1 fully saturated rings. The largest absolute Gasteiger partial charge is 0.448 e. The molecule has 0 bridgehead atoms. The summed E-state index contributed by atoms with van der Waals surface area (Å²) in [7, 11) is 0. The van der Waals surface area contributed by atoms with E-state index in [4.69, 9.17) is 16.3 Å². The number of aromatic nitrogens is 2. The smallest absolute Gasteiger partial charge is 0.359 e. The van der Waals surface area contributed by atoms with Gasteiger partial charge in [0.2, 0.25) is 0 Å². The molecule has 1 amide bonds. The number of carbonyl (C=O) groups is 2. The van der Waals surface area contributed by atoms with Gasteiger partial charge in [0.25, 0.3) is 5.91 Å². The van der Waals surface area contributed by atoms with Crippen LogP contribution in [-0.4, -0.2) is 40.2 Å². The van der Waals surface area contributed by atoms with E-state index in [1.165, 1.54) is 24.4 Å². The highest BCUT2D eigenvalue weighted by Gasteiger charge is 2.30. The van der Waals surface area contributed by atoms with Crippen molar-refractivity contribution in [2.24, 2.45) is 11.8 Å². The zero-order chi connectivity index (χ0) is 18.6. The summed E-state index contributed by atoms with van der Waals surface area (Å²) < 4.78 is 5.25. The molecule has 6 nitrogen and oxygen atoms in total. The van der Waals surface area contributed by atoms with E-state index < -0.39 is 12.1 Å². The fourth-order valence-electron chi connectivity index (χ4n) is 2.95. The van der Waals surface area contributed by atoms with Gasteiger partial charge in [0.15, 0.2) is 17.0 Å². The minimum Gasteiger partial charge on any atom is -0.448 e. The normalized spacial score (nSPS) is 24.4. The average Bonchev–Trinajstić information content (AvgIpc) is 2.59. The van der Waals surface area contributed by atoms with Crippen molar-refractivity contribution in [3.05, 3.63) is 16.9 Å². The van der Waals surface area contributed by atoms with E-state index in [2.05, 4.69) is 29.1 Å². The summed E-state index contributed by atoms with van der Waals surface area (Å²) in [5, 5.41) is 3.52. The van der Waals surface area contributed by atoms with Gasteiger partial charge in [-0.25, -0.2) is 14.8 Å². The molecule has 1 aromatic rings. The molecule has 8 heteroatoms. The molecule has 138 valence electrons. The van der Waals surface area contributed by atoms with Crippen LogP contribution in [0.2, 0.25) is 5.02 Å².